The van der Waals surface area contributed by atoms with Crippen molar-refractivity contribution < 1.29 is 14.6 Å². The minimum absolute atomic E-state index is 0.318. The maximum atomic E-state index is 10.1. The van der Waals surface area contributed by atoms with Gasteiger partial charge in [0.2, 0.25) is 0 Å². The van der Waals surface area contributed by atoms with E-state index in [1.807, 2.05) is 24.3 Å². The van der Waals surface area contributed by atoms with Gasteiger partial charge in [-0.15, -0.1) is 0 Å². The number of aliphatic hydroxyl groups is 1. The quantitative estimate of drug-likeness (QED) is 0.866. The van der Waals surface area contributed by atoms with Crippen LogP contribution in [0.4, 0.5) is 0 Å². The van der Waals surface area contributed by atoms with E-state index in [0.29, 0.717) is 13.2 Å². The number of piperidine rings is 1. The Hall–Kier alpha value is -1.26. The van der Waals surface area contributed by atoms with E-state index < -0.39 is 6.10 Å². The number of aliphatic hydroxyl groups excluding tert-OH is 1. The minimum atomic E-state index is -0.452. The Morgan fingerprint density at radius 1 is 1.40 bits per heavy atom. The van der Waals surface area contributed by atoms with E-state index in [1.54, 1.807) is 7.11 Å². The third kappa shape index (κ3) is 4.69. The molecule has 0 spiro atoms. The van der Waals surface area contributed by atoms with Gasteiger partial charge in [-0.2, -0.15) is 0 Å². The lowest BCUT2D eigenvalue weighted by Crippen LogP contribution is -2.41. The molecule has 112 valence electrons. The fourth-order valence-corrected chi connectivity index (χ4v) is 2.69. The molecule has 0 aliphatic carbocycles. The molecule has 1 heterocycles. The first-order valence-electron chi connectivity index (χ1n) is 7.34. The van der Waals surface area contributed by atoms with Crippen molar-refractivity contribution in [2.75, 3.05) is 33.4 Å². The van der Waals surface area contributed by atoms with E-state index in [4.69, 9.17) is 9.47 Å². The van der Waals surface area contributed by atoms with Gasteiger partial charge in [-0.3, -0.25) is 0 Å². The monoisotopic (exact) mass is 279 g/mol. The van der Waals surface area contributed by atoms with Crippen LogP contribution in [0.15, 0.2) is 24.3 Å². The summed E-state index contributed by atoms with van der Waals surface area (Å²) in [5.74, 6) is 2.23. The molecule has 1 N–H and O–H groups in total. The molecule has 0 aromatic heterocycles. The molecule has 4 nitrogen and oxygen atoms in total. The Labute approximate surface area is 121 Å². The topological polar surface area (TPSA) is 41.9 Å². The highest BCUT2D eigenvalue weighted by molar-refractivity contribution is 5.32. The summed E-state index contributed by atoms with van der Waals surface area (Å²) in [7, 11) is 1.63. The second-order valence-corrected chi connectivity index (χ2v) is 5.65. The Bertz CT molecular complexity index is 410. The third-order valence-electron chi connectivity index (χ3n) is 3.69. The van der Waals surface area contributed by atoms with Crippen LogP contribution >= 0.6 is 0 Å². The molecule has 20 heavy (non-hydrogen) atoms. The van der Waals surface area contributed by atoms with Crippen molar-refractivity contribution in [3.05, 3.63) is 24.3 Å². The standard InChI is InChI=1S/C16H25NO3/c1-13-5-4-8-17(10-13)11-14(18)12-20-16-7-3-6-15(9-16)19-2/h3,6-7,9,13-14,18H,4-5,8,10-12H2,1-2H3/t13-,14+/m1/s1. The van der Waals surface area contributed by atoms with Crippen molar-refractivity contribution in [2.45, 2.75) is 25.9 Å². The van der Waals surface area contributed by atoms with Gasteiger partial charge in [-0.05, 0) is 37.4 Å². The first-order valence-corrected chi connectivity index (χ1v) is 7.34. The molecule has 0 unspecified atom stereocenters. The fraction of sp³-hybridized carbons (Fsp3) is 0.625. The van der Waals surface area contributed by atoms with Gasteiger partial charge in [0.15, 0.2) is 0 Å². The summed E-state index contributed by atoms with van der Waals surface area (Å²) in [4.78, 5) is 2.33. The Morgan fingerprint density at radius 3 is 2.95 bits per heavy atom. The lowest BCUT2D eigenvalue weighted by atomic mass is 10.0. The highest BCUT2D eigenvalue weighted by Gasteiger charge is 2.19. The van der Waals surface area contributed by atoms with Crippen LogP contribution in [0.2, 0.25) is 0 Å². The summed E-state index contributed by atoms with van der Waals surface area (Å²) in [5, 5.41) is 10.1. The molecular formula is C16H25NO3. The molecule has 0 bridgehead atoms. The molecule has 1 aromatic rings. The van der Waals surface area contributed by atoms with Gasteiger partial charge in [0.25, 0.3) is 0 Å². The van der Waals surface area contributed by atoms with E-state index in [-0.39, 0.29) is 0 Å². The summed E-state index contributed by atoms with van der Waals surface area (Å²) in [6.07, 6.45) is 2.07. The molecule has 1 aliphatic rings. The maximum absolute atomic E-state index is 10.1. The third-order valence-corrected chi connectivity index (χ3v) is 3.69. The summed E-state index contributed by atoms with van der Waals surface area (Å²) >= 11 is 0. The van der Waals surface area contributed by atoms with Crippen molar-refractivity contribution in [2.24, 2.45) is 5.92 Å². The maximum Gasteiger partial charge on any atom is 0.123 e. The van der Waals surface area contributed by atoms with Gasteiger partial charge in [0.05, 0.1) is 7.11 Å². The number of ether oxygens (including phenoxy) is 2. The number of methoxy groups -OCH3 is 1. The van der Waals surface area contributed by atoms with Crippen LogP contribution in [0.1, 0.15) is 19.8 Å². The van der Waals surface area contributed by atoms with E-state index in [9.17, 15) is 5.11 Å². The van der Waals surface area contributed by atoms with Gasteiger partial charge in [0.1, 0.15) is 24.2 Å². The number of nitrogens with zero attached hydrogens (tertiary/aromatic N) is 1. The smallest absolute Gasteiger partial charge is 0.123 e. The summed E-state index contributed by atoms with van der Waals surface area (Å²) in [5.41, 5.74) is 0. The lowest BCUT2D eigenvalue weighted by Gasteiger charge is -2.32. The van der Waals surface area contributed by atoms with E-state index in [2.05, 4.69) is 11.8 Å². The molecule has 2 atom stereocenters. The van der Waals surface area contributed by atoms with Gasteiger partial charge in [-0.25, -0.2) is 0 Å². The van der Waals surface area contributed by atoms with Gasteiger partial charge < -0.3 is 19.5 Å². The first kappa shape index (κ1) is 15.1. The van der Waals surface area contributed by atoms with Crippen LogP contribution < -0.4 is 9.47 Å². The molecule has 4 heteroatoms. The summed E-state index contributed by atoms with van der Waals surface area (Å²) < 4.78 is 10.8. The second kappa shape index (κ2) is 7.50. The average molecular weight is 279 g/mol. The zero-order valence-corrected chi connectivity index (χ0v) is 12.4. The lowest BCUT2D eigenvalue weighted by molar-refractivity contribution is 0.0536. The van der Waals surface area contributed by atoms with Gasteiger partial charge in [0, 0.05) is 19.2 Å². The van der Waals surface area contributed by atoms with Crippen LogP contribution in [0.3, 0.4) is 0 Å². The van der Waals surface area contributed by atoms with Crippen LogP contribution in [-0.2, 0) is 0 Å². The predicted octanol–water partition coefficient (Wildman–Crippen LogP) is 2.17. The molecule has 2 rings (SSSR count). The fourth-order valence-electron chi connectivity index (χ4n) is 2.69. The second-order valence-electron chi connectivity index (χ2n) is 5.65. The van der Waals surface area contributed by atoms with Crippen molar-refractivity contribution in [3.8, 4) is 11.5 Å². The zero-order chi connectivity index (χ0) is 14.4. The summed E-state index contributed by atoms with van der Waals surface area (Å²) in [6.45, 7) is 5.44. The minimum Gasteiger partial charge on any atom is -0.497 e. The number of rotatable bonds is 6. The normalized spacial score (nSPS) is 21.4. The Morgan fingerprint density at radius 2 is 2.20 bits per heavy atom. The zero-order valence-electron chi connectivity index (χ0n) is 12.4. The first-order chi connectivity index (χ1) is 9.67. The molecule has 1 aliphatic heterocycles. The van der Waals surface area contributed by atoms with Gasteiger partial charge in [-0.1, -0.05) is 13.0 Å². The van der Waals surface area contributed by atoms with Crippen molar-refractivity contribution >= 4 is 0 Å². The van der Waals surface area contributed by atoms with Crippen molar-refractivity contribution in [1.82, 2.24) is 4.90 Å². The number of β-amino-alcohol motifs (C(OH)–C–C–N with tert-alkyl or cyclic N) is 1. The molecule has 0 amide bonds. The average Bonchev–Trinajstić information content (AvgIpc) is 2.45. The molecule has 1 saturated heterocycles. The molecule has 0 saturated carbocycles. The van der Waals surface area contributed by atoms with E-state index >= 15 is 0 Å². The SMILES string of the molecule is COc1cccc(OC[C@@H](O)CN2CCC[C@@H](C)C2)c1. The van der Waals surface area contributed by atoms with E-state index in [1.165, 1.54) is 12.8 Å². The molecular weight excluding hydrogens is 254 g/mol. The number of likely N-dealkylation sites (tertiary alicyclic amines) is 1. The van der Waals surface area contributed by atoms with Crippen LogP contribution in [0.25, 0.3) is 0 Å². The highest BCUT2D eigenvalue weighted by atomic mass is 16.5. The Balaban J connectivity index is 1.75. The van der Waals surface area contributed by atoms with Crippen LogP contribution in [-0.4, -0.2) is 49.5 Å². The molecule has 0 radical (unpaired) electrons. The van der Waals surface area contributed by atoms with E-state index in [0.717, 1.165) is 30.5 Å². The van der Waals surface area contributed by atoms with Crippen molar-refractivity contribution in [1.29, 1.82) is 0 Å². The molecule has 1 aromatic carbocycles. The number of hydrogen-bond acceptors (Lipinski definition) is 4. The number of hydrogen-bond donors (Lipinski definition) is 1. The van der Waals surface area contributed by atoms with Crippen LogP contribution in [0, 0.1) is 5.92 Å². The number of benzene rings is 1. The van der Waals surface area contributed by atoms with Crippen molar-refractivity contribution in [3.63, 3.8) is 0 Å². The summed E-state index contributed by atoms with van der Waals surface area (Å²) in [6, 6.07) is 7.46. The highest BCUT2D eigenvalue weighted by Crippen LogP contribution is 2.19. The largest absolute Gasteiger partial charge is 0.497 e. The van der Waals surface area contributed by atoms with Gasteiger partial charge >= 0.3 is 0 Å². The predicted molar refractivity (Wildman–Crippen MR) is 79.3 cm³/mol. The Kier molecular flexibility index (Phi) is 5.68. The van der Waals surface area contributed by atoms with Crippen LogP contribution in [0.5, 0.6) is 11.5 Å². The molecule has 1 fully saturated rings.